The van der Waals surface area contributed by atoms with Gasteiger partial charge in [-0.25, -0.2) is 9.97 Å². The summed E-state index contributed by atoms with van der Waals surface area (Å²) in [6, 6.07) is 10.7. The minimum Gasteiger partial charge on any atom is -0.351 e. The standard InChI is InChI=1S/C21H26N4O/c26-21(19-13-23-20(24-14-19)17-8-9-17)22-10-12-25-11-4-7-18(15-25)16-5-2-1-3-6-16/h1-3,5-6,13-14,17-18H,4,7-12,15H2,(H,22,26). The van der Waals surface area contributed by atoms with E-state index in [0.29, 0.717) is 23.9 Å². The molecule has 5 heteroatoms. The molecule has 136 valence electrons. The van der Waals surface area contributed by atoms with E-state index in [4.69, 9.17) is 0 Å². The van der Waals surface area contributed by atoms with Gasteiger partial charge in [0.2, 0.25) is 0 Å². The average molecular weight is 350 g/mol. The molecule has 2 aromatic rings. The molecule has 0 spiro atoms. The van der Waals surface area contributed by atoms with Crippen molar-refractivity contribution in [3.63, 3.8) is 0 Å². The maximum Gasteiger partial charge on any atom is 0.254 e. The summed E-state index contributed by atoms with van der Waals surface area (Å²) in [6.45, 7) is 3.72. The van der Waals surface area contributed by atoms with Crippen molar-refractivity contribution < 1.29 is 4.79 Å². The van der Waals surface area contributed by atoms with Crippen LogP contribution in [0.25, 0.3) is 0 Å². The van der Waals surface area contributed by atoms with Gasteiger partial charge in [-0.3, -0.25) is 4.79 Å². The monoisotopic (exact) mass is 350 g/mol. The summed E-state index contributed by atoms with van der Waals surface area (Å²) >= 11 is 0. The van der Waals surface area contributed by atoms with E-state index < -0.39 is 0 Å². The van der Waals surface area contributed by atoms with Crippen LogP contribution in [0.2, 0.25) is 0 Å². The van der Waals surface area contributed by atoms with E-state index in [1.807, 2.05) is 0 Å². The van der Waals surface area contributed by atoms with Gasteiger partial charge in [-0.2, -0.15) is 0 Å². The number of carbonyl (C=O) groups is 1. The molecule has 4 rings (SSSR count). The quantitative estimate of drug-likeness (QED) is 0.870. The second-order valence-corrected chi connectivity index (χ2v) is 7.41. The predicted molar refractivity (Wildman–Crippen MR) is 101 cm³/mol. The SMILES string of the molecule is O=C(NCCN1CCCC(c2ccccc2)C1)c1cnc(C2CC2)nc1. The lowest BCUT2D eigenvalue weighted by molar-refractivity contribution is 0.0944. The first-order valence-corrected chi connectivity index (χ1v) is 9.67. The molecule has 2 fully saturated rings. The van der Waals surface area contributed by atoms with Crippen molar-refractivity contribution in [2.75, 3.05) is 26.2 Å². The summed E-state index contributed by atoms with van der Waals surface area (Å²) in [7, 11) is 0. The van der Waals surface area contributed by atoms with Gasteiger partial charge < -0.3 is 10.2 Å². The van der Waals surface area contributed by atoms with E-state index in [1.165, 1.54) is 31.2 Å². The highest BCUT2D eigenvalue weighted by Gasteiger charge is 2.26. The smallest absolute Gasteiger partial charge is 0.254 e. The fourth-order valence-electron chi connectivity index (χ4n) is 3.69. The molecule has 0 radical (unpaired) electrons. The molecule has 26 heavy (non-hydrogen) atoms. The molecular formula is C21H26N4O. The lowest BCUT2D eigenvalue weighted by Crippen LogP contribution is -2.40. The number of carbonyl (C=O) groups excluding carboxylic acids is 1. The highest BCUT2D eigenvalue weighted by Crippen LogP contribution is 2.37. The third kappa shape index (κ3) is 4.28. The van der Waals surface area contributed by atoms with Gasteiger partial charge in [0.1, 0.15) is 5.82 Å². The average Bonchev–Trinajstić information content (AvgIpc) is 3.54. The van der Waals surface area contributed by atoms with Gasteiger partial charge in [0.05, 0.1) is 5.56 Å². The topological polar surface area (TPSA) is 58.1 Å². The summed E-state index contributed by atoms with van der Waals surface area (Å²) in [5, 5.41) is 3.00. The van der Waals surface area contributed by atoms with Crippen molar-refractivity contribution >= 4 is 5.91 Å². The molecule has 1 aromatic carbocycles. The Morgan fingerprint density at radius 3 is 2.58 bits per heavy atom. The van der Waals surface area contributed by atoms with Crippen molar-refractivity contribution in [1.29, 1.82) is 0 Å². The summed E-state index contributed by atoms with van der Waals surface area (Å²) in [6.07, 6.45) is 8.11. The molecule has 1 aliphatic heterocycles. The third-order valence-corrected chi connectivity index (χ3v) is 5.37. The first-order chi connectivity index (χ1) is 12.8. The van der Waals surface area contributed by atoms with Gasteiger partial charge in [-0.1, -0.05) is 30.3 Å². The number of nitrogens with zero attached hydrogens (tertiary/aromatic N) is 3. The van der Waals surface area contributed by atoms with Crippen LogP contribution >= 0.6 is 0 Å². The predicted octanol–water partition coefficient (Wildman–Crippen LogP) is 2.96. The zero-order valence-corrected chi connectivity index (χ0v) is 15.1. The highest BCUT2D eigenvalue weighted by molar-refractivity contribution is 5.93. The molecule has 1 atom stereocenters. The Morgan fingerprint density at radius 1 is 1.08 bits per heavy atom. The number of amides is 1. The summed E-state index contributed by atoms with van der Waals surface area (Å²) in [5.74, 6) is 1.92. The Labute approximate surface area is 154 Å². The molecule has 1 saturated heterocycles. The number of hydrogen-bond donors (Lipinski definition) is 1. The van der Waals surface area contributed by atoms with Crippen LogP contribution in [0.3, 0.4) is 0 Å². The first-order valence-electron chi connectivity index (χ1n) is 9.67. The first kappa shape index (κ1) is 17.2. The van der Waals surface area contributed by atoms with Crippen LogP contribution in [-0.4, -0.2) is 47.0 Å². The van der Waals surface area contributed by atoms with Crippen molar-refractivity contribution in [3.8, 4) is 0 Å². The van der Waals surface area contributed by atoms with Crippen LogP contribution in [0.15, 0.2) is 42.7 Å². The molecule has 1 aromatic heterocycles. The summed E-state index contributed by atoms with van der Waals surface area (Å²) < 4.78 is 0. The largest absolute Gasteiger partial charge is 0.351 e. The number of piperidine rings is 1. The highest BCUT2D eigenvalue weighted by atomic mass is 16.1. The number of nitrogens with one attached hydrogen (secondary N) is 1. The fraction of sp³-hybridized carbons (Fsp3) is 0.476. The lowest BCUT2D eigenvalue weighted by Gasteiger charge is -2.33. The van der Waals surface area contributed by atoms with E-state index >= 15 is 0 Å². The Balaban J connectivity index is 1.24. The molecule has 1 saturated carbocycles. The van der Waals surface area contributed by atoms with E-state index in [2.05, 4.69) is 50.5 Å². The van der Waals surface area contributed by atoms with Crippen LogP contribution in [0.5, 0.6) is 0 Å². The number of rotatable bonds is 6. The van der Waals surface area contributed by atoms with Crippen molar-refractivity contribution in [2.45, 2.75) is 37.5 Å². The van der Waals surface area contributed by atoms with E-state index in [1.54, 1.807) is 12.4 Å². The third-order valence-electron chi connectivity index (χ3n) is 5.37. The van der Waals surface area contributed by atoms with Crippen LogP contribution in [-0.2, 0) is 0 Å². The molecule has 2 heterocycles. The Hall–Kier alpha value is -2.27. The zero-order valence-electron chi connectivity index (χ0n) is 15.1. The van der Waals surface area contributed by atoms with Crippen molar-refractivity contribution in [3.05, 3.63) is 59.7 Å². The van der Waals surface area contributed by atoms with Gasteiger partial charge in [0, 0.05) is 37.9 Å². The zero-order chi connectivity index (χ0) is 17.8. The Bertz CT molecular complexity index is 727. The Morgan fingerprint density at radius 2 is 1.85 bits per heavy atom. The van der Waals surface area contributed by atoms with Crippen LogP contribution in [0.4, 0.5) is 0 Å². The van der Waals surface area contributed by atoms with Crippen molar-refractivity contribution in [1.82, 2.24) is 20.2 Å². The molecule has 1 aliphatic carbocycles. The molecule has 0 bridgehead atoms. The molecule has 2 aliphatic rings. The maximum atomic E-state index is 12.3. The molecular weight excluding hydrogens is 324 g/mol. The number of aromatic nitrogens is 2. The maximum absolute atomic E-state index is 12.3. The fourth-order valence-corrected chi connectivity index (χ4v) is 3.69. The van der Waals surface area contributed by atoms with Crippen LogP contribution in [0.1, 0.15) is 59.3 Å². The summed E-state index contributed by atoms with van der Waals surface area (Å²) in [5.41, 5.74) is 1.98. The van der Waals surface area contributed by atoms with Gasteiger partial charge in [0.25, 0.3) is 5.91 Å². The van der Waals surface area contributed by atoms with Crippen molar-refractivity contribution in [2.24, 2.45) is 0 Å². The molecule has 5 nitrogen and oxygen atoms in total. The second kappa shape index (κ2) is 7.96. The number of likely N-dealkylation sites (tertiary alicyclic amines) is 1. The number of hydrogen-bond acceptors (Lipinski definition) is 4. The van der Waals surface area contributed by atoms with E-state index in [0.717, 1.165) is 25.5 Å². The molecule has 1 amide bonds. The van der Waals surface area contributed by atoms with E-state index in [9.17, 15) is 4.79 Å². The Kier molecular flexibility index (Phi) is 5.25. The summed E-state index contributed by atoms with van der Waals surface area (Å²) in [4.78, 5) is 23.4. The minimum absolute atomic E-state index is 0.0797. The van der Waals surface area contributed by atoms with Gasteiger partial charge in [-0.15, -0.1) is 0 Å². The normalized spacial score (nSPS) is 20.7. The second-order valence-electron chi connectivity index (χ2n) is 7.41. The van der Waals surface area contributed by atoms with Gasteiger partial charge >= 0.3 is 0 Å². The van der Waals surface area contributed by atoms with E-state index in [-0.39, 0.29) is 5.91 Å². The van der Waals surface area contributed by atoms with Crippen LogP contribution in [0, 0.1) is 0 Å². The van der Waals surface area contributed by atoms with Gasteiger partial charge in [-0.05, 0) is 43.7 Å². The lowest BCUT2D eigenvalue weighted by atomic mass is 9.91. The number of benzene rings is 1. The van der Waals surface area contributed by atoms with Crippen LogP contribution < -0.4 is 5.32 Å². The minimum atomic E-state index is -0.0797. The molecule has 1 N–H and O–H groups in total. The molecule has 1 unspecified atom stereocenters. The van der Waals surface area contributed by atoms with Gasteiger partial charge in [0.15, 0.2) is 0 Å².